The van der Waals surface area contributed by atoms with E-state index in [1.54, 1.807) is 22.4 Å². The number of rotatable bonds is 6. The number of hydrogen-bond donors (Lipinski definition) is 2. The number of halogens is 1. The van der Waals surface area contributed by atoms with Crippen molar-refractivity contribution in [3.8, 4) is 0 Å². The predicted octanol–water partition coefficient (Wildman–Crippen LogP) is 2.46. The Hall–Kier alpha value is -1.81. The average Bonchev–Trinajstić information content (AvgIpc) is 3.13. The van der Waals surface area contributed by atoms with Gasteiger partial charge in [0.25, 0.3) is 0 Å². The maximum Gasteiger partial charge on any atom is 0.325 e. The molecule has 1 atom stereocenters. The second kappa shape index (κ2) is 7.83. The lowest BCUT2D eigenvalue weighted by atomic mass is 10.00. The summed E-state index contributed by atoms with van der Waals surface area (Å²) in [4.78, 5) is 13.5. The van der Waals surface area contributed by atoms with Gasteiger partial charge in [-0.1, -0.05) is 18.2 Å². The summed E-state index contributed by atoms with van der Waals surface area (Å²) in [5.74, 6) is -1.42. The van der Waals surface area contributed by atoms with Gasteiger partial charge >= 0.3 is 5.97 Å². The van der Waals surface area contributed by atoms with Crippen molar-refractivity contribution in [1.29, 1.82) is 0 Å². The number of nitrogens with zero attached hydrogens (tertiary/aromatic N) is 1. The maximum absolute atomic E-state index is 13.1. The van der Waals surface area contributed by atoms with Crippen molar-refractivity contribution in [2.24, 2.45) is 0 Å². The van der Waals surface area contributed by atoms with Crippen molar-refractivity contribution in [3.63, 3.8) is 0 Å². The quantitative estimate of drug-likeness (QED) is 0.781. The van der Waals surface area contributed by atoms with E-state index in [1.165, 1.54) is 24.3 Å². The van der Waals surface area contributed by atoms with Gasteiger partial charge in [0.1, 0.15) is 16.1 Å². The molecule has 140 valence electrons. The number of sulfonamides is 1. The first-order valence-corrected chi connectivity index (χ1v) is 10.5. The van der Waals surface area contributed by atoms with Crippen LogP contribution >= 0.6 is 11.3 Å². The Labute approximate surface area is 155 Å². The van der Waals surface area contributed by atoms with Gasteiger partial charge in [-0.3, -0.25) is 9.69 Å². The summed E-state index contributed by atoms with van der Waals surface area (Å²) in [6, 6.07) is 7.56. The molecule has 3 rings (SSSR count). The number of likely N-dealkylation sites (tertiary alicyclic amines) is 1. The lowest BCUT2D eigenvalue weighted by Crippen LogP contribution is -2.47. The standard InChI is InChI=1S/C17H19FN2O4S2/c18-13-5-3-12(4-6-13)16(17(21)22)20-9-7-14(8-10-20)19-26(23,24)15-2-1-11-25-15/h1-6,11,14,16,19H,7-10H2,(H,21,22). The van der Waals surface area contributed by atoms with Gasteiger partial charge in [-0.25, -0.2) is 17.5 Å². The number of nitrogens with one attached hydrogen (secondary N) is 1. The summed E-state index contributed by atoms with van der Waals surface area (Å²) >= 11 is 1.16. The van der Waals surface area contributed by atoms with Crippen LogP contribution in [0.1, 0.15) is 24.4 Å². The van der Waals surface area contributed by atoms with Crippen LogP contribution in [-0.4, -0.2) is 43.5 Å². The van der Waals surface area contributed by atoms with Crippen LogP contribution < -0.4 is 4.72 Å². The van der Waals surface area contributed by atoms with Gasteiger partial charge in [-0.2, -0.15) is 0 Å². The Balaban J connectivity index is 1.65. The van der Waals surface area contributed by atoms with E-state index >= 15 is 0 Å². The molecule has 1 aromatic heterocycles. The largest absolute Gasteiger partial charge is 0.480 e. The zero-order chi connectivity index (χ0) is 18.7. The lowest BCUT2D eigenvalue weighted by Gasteiger charge is -2.35. The predicted molar refractivity (Wildman–Crippen MR) is 96.0 cm³/mol. The monoisotopic (exact) mass is 398 g/mol. The molecular weight excluding hydrogens is 379 g/mol. The minimum Gasteiger partial charge on any atom is -0.480 e. The molecule has 0 amide bonds. The highest BCUT2D eigenvalue weighted by molar-refractivity contribution is 7.91. The number of thiophene rings is 1. The number of carboxylic acids is 1. The van der Waals surface area contributed by atoms with Gasteiger partial charge in [0.2, 0.25) is 10.0 Å². The fourth-order valence-corrected chi connectivity index (χ4v) is 5.44. The molecule has 1 saturated heterocycles. The van der Waals surface area contributed by atoms with E-state index in [9.17, 15) is 22.7 Å². The summed E-state index contributed by atoms with van der Waals surface area (Å²) in [6.45, 7) is 0.873. The third-order valence-corrected chi connectivity index (χ3v) is 7.31. The van der Waals surface area contributed by atoms with Crippen LogP contribution in [0.25, 0.3) is 0 Å². The highest BCUT2D eigenvalue weighted by Crippen LogP contribution is 2.26. The summed E-state index contributed by atoms with van der Waals surface area (Å²) in [5.41, 5.74) is 0.511. The first-order chi connectivity index (χ1) is 12.4. The molecule has 6 nitrogen and oxygen atoms in total. The van der Waals surface area contributed by atoms with E-state index in [2.05, 4.69) is 4.72 Å². The number of carboxylic acid groups (broad SMARTS) is 1. The molecule has 0 bridgehead atoms. The number of piperidine rings is 1. The Kier molecular flexibility index (Phi) is 5.71. The van der Waals surface area contributed by atoms with Crippen LogP contribution in [0.15, 0.2) is 46.0 Å². The van der Waals surface area contributed by atoms with E-state index in [1.807, 2.05) is 0 Å². The van der Waals surface area contributed by atoms with Gasteiger partial charge in [0.05, 0.1) is 0 Å². The fraction of sp³-hybridized carbons (Fsp3) is 0.353. The van der Waals surface area contributed by atoms with Gasteiger partial charge in [0, 0.05) is 19.1 Å². The number of benzene rings is 1. The second-order valence-electron chi connectivity index (χ2n) is 6.16. The van der Waals surface area contributed by atoms with Crippen LogP contribution in [0.4, 0.5) is 4.39 Å². The van der Waals surface area contributed by atoms with Crippen LogP contribution in [0, 0.1) is 5.82 Å². The smallest absolute Gasteiger partial charge is 0.325 e. The molecule has 26 heavy (non-hydrogen) atoms. The Morgan fingerprint density at radius 2 is 1.88 bits per heavy atom. The molecule has 2 aromatic rings. The highest BCUT2D eigenvalue weighted by Gasteiger charge is 2.32. The zero-order valence-corrected chi connectivity index (χ0v) is 15.5. The first-order valence-electron chi connectivity index (χ1n) is 8.15. The van der Waals surface area contributed by atoms with Crippen molar-refractivity contribution in [3.05, 3.63) is 53.2 Å². The number of aliphatic carboxylic acids is 1. The Morgan fingerprint density at radius 3 is 2.42 bits per heavy atom. The zero-order valence-electron chi connectivity index (χ0n) is 13.8. The van der Waals surface area contributed by atoms with Crippen molar-refractivity contribution >= 4 is 27.3 Å². The van der Waals surface area contributed by atoms with E-state index in [-0.39, 0.29) is 10.3 Å². The van der Waals surface area contributed by atoms with Crippen molar-refractivity contribution in [2.45, 2.75) is 29.1 Å². The molecule has 2 N–H and O–H groups in total. The third kappa shape index (κ3) is 4.29. The maximum atomic E-state index is 13.1. The minimum atomic E-state index is -3.54. The molecule has 0 radical (unpaired) electrons. The number of hydrogen-bond acceptors (Lipinski definition) is 5. The highest BCUT2D eigenvalue weighted by atomic mass is 32.2. The van der Waals surface area contributed by atoms with Crippen molar-refractivity contribution < 1.29 is 22.7 Å². The Bertz CT molecular complexity index is 845. The van der Waals surface area contributed by atoms with E-state index < -0.39 is 27.9 Å². The van der Waals surface area contributed by atoms with Gasteiger partial charge in [0.15, 0.2) is 0 Å². The molecule has 1 aromatic carbocycles. The second-order valence-corrected chi connectivity index (χ2v) is 9.04. The Morgan fingerprint density at radius 1 is 1.23 bits per heavy atom. The summed E-state index contributed by atoms with van der Waals surface area (Å²) < 4.78 is 40.6. The number of carbonyl (C=O) groups is 1. The third-order valence-electron chi connectivity index (χ3n) is 4.40. The first kappa shape index (κ1) is 19.0. The van der Waals surface area contributed by atoms with Crippen molar-refractivity contribution in [1.82, 2.24) is 9.62 Å². The van der Waals surface area contributed by atoms with Gasteiger partial charge < -0.3 is 5.11 Å². The molecule has 0 saturated carbocycles. The van der Waals surface area contributed by atoms with Crippen LogP contribution in [0.5, 0.6) is 0 Å². The van der Waals surface area contributed by atoms with Crippen LogP contribution in [-0.2, 0) is 14.8 Å². The van der Waals surface area contributed by atoms with E-state index in [0.29, 0.717) is 31.5 Å². The molecule has 1 aliphatic heterocycles. The summed E-state index contributed by atoms with van der Waals surface area (Å²) in [5, 5.41) is 11.3. The molecule has 0 aliphatic carbocycles. The van der Waals surface area contributed by atoms with Gasteiger partial charge in [-0.15, -0.1) is 11.3 Å². The molecular formula is C17H19FN2O4S2. The van der Waals surface area contributed by atoms with E-state index in [0.717, 1.165) is 11.3 Å². The lowest BCUT2D eigenvalue weighted by molar-refractivity contribution is -0.144. The molecule has 9 heteroatoms. The molecule has 1 fully saturated rings. The SMILES string of the molecule is O=C(O)C(c1ccc(F)cc1)N1CCC(NS(=O)(=O)c2cccs2)CC1. The summed E-state index contributed by atoms with van der Waals surface area (Å²) in [7, 11) is -3.54. The van der Waals surface area contributed by atoms with Crippen LogP contribution in [0.2, 0.25) is 0 Å². The molecule has 2 heterocycles. The van der Waals surface area contributed by atoms with E-state index in [4.69, 9.17) is 0 Å². The fourth-order valence-electron chi connectivity index (χ4n) is 3.12. The average molecular weight is 398 g/mol. The summed E-state index contributed by atoms with van der Waals surface area (Å²) in [6.07, 6.45) is 1.02. The van der Waals surface area contributed by atoms with Crippen molar-refractivity contribution in [2.75, 3.05) is 13.1 Å². The topological polar surface area (TPSA) is 86.7 Å². The minimum absolute atomic E-state index is 0.235. The molecule has 1 unspecified atom stereocenters. The molecule has 1 aliphatic rings. The van der Waals surface area contributed by atoms with Gasteiger partial charge in [-0.05, 0) is 42.0 Å². The molecule has 0 spiro atoms. The van der Waals surface area contributed by atoms with Crippen LogP contribution in [0.3, 0.4) is 0 Å². The normalized spacial score (nSPS) is 17.9.